The Morgan fingerprint density at radius 3 is 2.44 bits per heavy atom. The van der Waals surface area contributed by atoms with Crippen molar-refractivity contribution < 1.29 is 0 Å². The summed E-state index contributed by atoms with van der Waals surface area (Å²) in [5.41, 5.74) is 8.12. The summed E-state index contributed by atoms with van der Waals surface area (Å²) in [6.07, 6.45) is 0. The molecule has 2 aromatic heterocycles. The summed E-state index contributed by atoms with van der Waals surface area (Å²) < 4.78 is 0. The summed E-state index contributed by atoms with van der Waals surface area (Å²) in [7, 11) is 0. The summed E-state index contributed by atoms with van der Waals surface area (Å²) in [5.74, 6) is 1.37. The number of para-hydroxylation sites is 1. The zero-order chi connectivity index (χ0) is 17.2. The first-order valence-corrected chi connectivity index (χ1v) is 9.42. The van der Waals surface area contributed by atoms with Gasteiger partial charge in [-0.1, -0.05) is 12.1 Å². The molecule has 4 rings (SSSR count). The van der Waals surface area contributed by atoms with Crippen molar-refractivity contribution in [1.82, 2.24) is 24.8 Å². The van der Waals surface area contributed by atoms with Gasteiger partial charge in [0.1, 0.15) is 16.6 Å². The van der Waals surface area contributed by atoms with Crippen LogP contribution in [-0.4, -0.2) is 50.9 Å². The smallest absolute Gasteiger partial charge is 0.145 e. The molecule has 25 heavy (non-hydrogen) atoms. The zero-order valence-electron chi connectivity index (χ0n) is 14.4. The summed E-state index contributed by atoms with van der Waals surface area (Å²) in [6.45, 7) is 7.86. The molecule has 0 spiro atoms. The fraction of sp³-hybridized carbons (Fsp3) is 0.389. The number of piperazine rings is 1. The van der Waals surface area contributed by atoms with Crippen LogP contribution in [0, 0.1) is 6.92 Å². The van der Waals surface area contributed by atoms with Gasteiger partial charge >= 0.3 is 0 Å². The highest BCUT2D eigenvalue weighted by atomic mass is 32.1. The summed E-state index contributed by atoms with van der Waals surface area (Å²) in [5, 5.41) is 4.25. The molecule has 130 valence electrons. The average Bonchev–Trinajstić information content (AvgIpc) is 3.02. The molecule has 2 N–H and O–H groups in total. The fourth-order valence-electron chi connectivity index (χ4n) is 3.19. The van der Waals surface area contributed by atoms with E-state index in [-0.39, 0.29) is 0 Å². The topological polar surface area (TPSA) is 71.2 Å². The number of nitrogens with two attached hydrogens (primary N) is 1. The van der Waals surface area contributed by atoms with Gasteiger partial charge in [-0.05, 0) is 19.1 Å². The molecule has 7 heteroatoms. The van der Waals surface area contributed by atoms with E-state index in [1.165, 1.54) is 5.01 Å². The van der Waals surface area contributed by atoms with Crippen molar-refractivity contribution in [3.05, 3.63) is 46.2 Å². The van der Waals surface area contributed by atoms with Crippen molar-refractivity contribution in [2.24, 2.45) is 0 Å². The van der Waals surface area contributed by atoms with Crippen molar-refractivity contribution >= 4 is 28.1 Å². The van der Waals surface area contributed by atoms with Crippen LogP contribution in [0.4, 0.5) is 5.82 Å². The quantitative estimate of drug-likeness (QED) is 0.775. The largest absolute Gasteiger partial charge is 0.383 e. The third-order valence-electron chi connectivity index (χ3n) is 4.53. The molecule has 1 aliphatic heterocycles. The van der Waals surface area contributed by atoms with Crippen molar-refractivity contribution in [3.8, 4) is 0 Å². The van der Waals surface area contributed by atoms with E-state index in [1.807, 2.05) is 31.2 Å². The molecule has 0 radical (unpaired) electrons. The standard InChI is InChI=1S/C18H22N6S/c1-13-12-25-17(20-13)11-24-8-6-23(7-9-24)10-16-21-15-5-3-2-4-14(15)18(19)22-16/h2-5,12H,6-11H2,1H3,(H2,19,21,22). The fourth-order valence-corrected chi connectivity index (χ4v) is 4.01. The normalized spacial score (nSPS) is 16.5. The molecule has 0 unspecified atom stereocenters. The Morgan fingerprint density at radius 2 is 1.72 bits per heavy atom. The van der Waals surface area contributed by atoms with Gasteiger partial charge in [-0.25, -0.2) is 15.0 Å². The van der Waals surface area contributed by atoms with Crippen LogP contribution >= 0.6 is 11.3 Å². The molecule has 0 atom stereocenters. The molecular formula is C18H22N6S. The van der Waals surface area contributed by atoms with Crippen LogP contribution in [0.5, 0.6) is 0 Å². The number of aryl methyl sites for hydroxylation is 1. The molecule has 1 aliphatic rings. The number of anilines is 1. The Kier molecular flexibility index (Phi) is 4.61. The van der Waals surface area contributed by atoms with E-state index in [0.29, 0.717) is 5.82 Å². The van der Waals surface area contributed by atoms with E-state index in [0.717, 1.165) is 61.7 Å². The summed E-state index contributed by atoms with van der Waals surface area (Å²) in [4.78, 5) is 18.6. The molecular weight excluding hydrogens is 332 g/mol. The van der Waals surface area contributed by atoms with Gasteiger partial charge in [-0.2, -0.15) is 0 Å². The zero-order valence-corrected chi connectivity index (χ0v) is 15.2. The average molecular weight is 354 g/mol. The minimum Gasteiger partial charge on any atom is -0.383 e. The van der Waals surface area contributed by atoms with Crippen molar-refractivity contribution in [3.63, 3.8) is 0 Å². The molecule has 3 heterocycles. The Morgan fingerprint density at radius 1 is 1.00 bits per heavy atom. The van der Waals surface area contributed by atoms with Crippen LogP contribution in [0.1, 0.15) is 16.5 Å². The molecule has 6 nitrogen and oxygen atoms in total. The van der Waals surface area contributed by atoms with Gasteiger partial charge in [0.25, 0.3) is 0 Å². The maximum absolute atomic E-state index is 6.09. The predicted octanol–water partition coefficient (Wildman–Crippen LogP) is 2.29. The second-order valence-electron chi connectivity index (χ2n) is 6.48. The van der Waals surface area contributed by atoms with Crippen LogP contribution in [0.2, 0.25) is 0 Å². The van der Waals surface area contributed by atoms with Gasteiger partial charge in [-0.15, -0.1) is 11.3 Å². The van der Waals surface area contributed by atoms with Crippen molar-refractivity contribution in [1.29, 1.82) is 0 Å². The van der Waals surface area contributed by atoms with Gasteiger partial charge in [0.2, 0.25) is 0 Å². The van der Waals surface area contributed by atoms with E-state index >= 15 is 0 Å². The monoisotopic (exact) mass is 354 g/mol. The summed E-state index contributed by atoms with van der Waals surface area (Å²) in [6, 6.07) is 7.90. The van der Waals surface area contributed by atoms with Gasteiger partial charge in [-0.3, -0.25) is 9.80 Å². The molecule has 0 amide bonds. The SMILES string of the molecule is Cc1csc(CN2CCN(Cc3nc(N)c4ccccc4n3)CC2)n1. The van der Waals surface area contributed by atoms with Crippen LogP contribution < -0.4 is 5.73 Å². The lowest BCUT2D eigenvalue weighted by Gasteiger charge is -2.33. The number of fused-ring (bicyclic) bond motifs is 1. The Labute approximate surface area is 151 Å². The van der Waals surface area contributed by atoms with Crippen LogP contribution in [0.25, 0.3) is 10.9 Å². The lowest BCUT2D eigenvalue weighted by atomic mass is 10.2. The van der Waals surface area contributed by atoms with Gasteiger partial charge in [0.05, 0.1) is 18.6 Å². The first-order valence-electron chi connectivity index (χ1n) is 8.54. The number of benzene rings is 1. The number of rotatable bonds is 4. The Bertz CT molecular complexity index is 869. The van der Waals surface area contributed by atoms with Gasteiger partial charge in [0, 0.05) is 42.6 Å². The van der Waals surface area contributed by atoms with Crippen LogP contribution in [0.15, 0.2) is 29.6 Å². The van der Waals surface area contributed by atoms with E-state index in [4.69, 9.17) is 5.73 Å². The third kappa shape index (κ3) is 3.78. The minimum atomic E-state index is 0.568. The van der Waals surface area contributed by atoms with Gasteiger partial charge < -0.3 is 5.73 Å². The highest BCUT2D eigenvalue weighted by Crippen LogP contribution is 2.18. The second-order valence-corrected chi connectivity index (χ2v) is 7.42. The van der Waals surface area contributed by atoms with Crippen molar-refractivity contribution in [2.75, 3.05) is 31.9 Å². The summed E-state index contributed by atoms with van der Waals surface area (Å²) >= 11 is 1.75. The molecule has 0 bridgehead atoms. The molecule has 1 saturated heterocycles. The number of hydrogen-bond acceptors (Lipinski definition) is 7. The number of aromatic nitrogens is 3. The predicted molar refractivity (Wildman–Crippen MR) is 101 cm³/mol. The van der Waals surface area contributed by atoms with Gasteiger partial charge in [0.15, 0.2) is 0 Å². The first kappa shape index (κ1) is 16.4. The third-order valence-corrected chi connectivity index (χ3v) is 5.49. The molecule has 1 aromatic carbocycles. The molecule has 3 aromatic rings. The second kappa shape index (κ2) is 7.03. The van der Waals surface area contributed by atoms with E-state index in [9.17, 15) is 0 Å². The van der Waals surface area contributed by atoms with Crippen LogP contribution in [-0.2, 0) is 13.1 Å². The minimum absolute atomic E-state index is 0.568. The van der Waals surface area contributed by atoms with Crippen LogP contribution in [0.3, 0.4) is 0 Å². The highest BCUT2D eigenvalue weighted by Gasteiger charge is 2.19. The van der Waals surface area contributed by atoms with E-state index < -0.39 is 0 Å². The number of nitrogen functional groups attached to an aromatic ring is 1. The van der Waals surface area contributed by atoms with Crippen molar-refractivity contribution in [2.45, 2.75) is 20.0 Å². The number of nitrogens with zero attached hydrogens (tertiary/aromatic N) is 5. The Balaban J connectivity index is 1.37. The Hall–Kier alpha value is -2.09. The lowest BCUT2D eigenvalue weighted by Crippen LogP contribution is -2.45. The molecule has 0 saturated carbocycles. The van der Waals surface area contributed by atoms with E-state index in [1.54, 1.807) is 11.3 Å². The lowest BCUT2D eigenvalue weighted by molar-refractivity contribution is 0.120. The maximum Gasteiger partial charge on any atom is 0.145 e. The molecule has 0 aliphatic carbocycles. The number of thiazole rings is 1. The number of hydrogen-bond donors (Lipinski definition) is 1. The first-order chi connectivity index (χ1) is 12.2. The molecule has 1 fully saturated rings. The highest BCUT2D eigenvalue weighted by molar-refractivity contribution is 7.09. The maximum atomic E-state index is 6.09. The van der Waals surface area contributed by atoms with E-state index in [2.05, 4.69) is 30.1 Å².